The smallest absolute Gasteiger partial charge is 0.334 e. The van der Waals surface area contributed by atoms with Gasteiger partial charge in [-0.3, -0.25) is 0 Å². The van der Waals surface area contributed by atoms with Crippen molar-refractivity contribution in [3.05, 3.63) is 70.8 Å². The lowest BCUT2D eigenvalue weighted by molar-refractivity contribution is -0.150. The maximum absolute atomic E-state index is 12.4. The van der Waals surface area contributed by atoms with Gasteiger partial charge in [0.05, 0.1) is 13.2 Å². The van der Waals surface area contributed by atoms with Crippen LogP contribution < -0.4 is 0 Å². The Labute approximate surface area is 164 Å². The molecule has 2 aromatic rings. The number of benzene rings is 2. The molecule has 0 spiro atoms. The van der Waals surface area contributed by atoms with Crippen molar-refractivity contribution >= 4 is 17.7 Å². The van der Waals surface area contributed by atoms with Crippen LogP contribution >= 0.6 is 11.8 Å². The van der Waals surface area contributed by atoms with Crippen LogP contribution in [0.25, 0.3) is 0 Å². The molecule has 0 radical (unpaired) electrons. The Morgan fingerprint density at radius 2 is 1.85 bits per heavy atom. The van der Waals surface area contributed by atoms with Crippen LogP contribution in [0.15, 0.2) is 58.3 Å². The van der Waals surface area contributed by atoms with E-state index in [4.69, 9.17) is 14.2 Å². The molecule has 1 heterocycles. The van der Waals surface area contributed by atoms with Crippen molar-refractivity contribution in [1.82, 2.24) is 0 Å². The lowest BCUT2D eigenvalue weighted by Gasteiger charge is -2.38. The fourth-order valence-electron chi connectivity index (χ4n) is 3.29. The molecule has 4 nitrogen and oxygen atoms in total. The maximum atomic E-state index is 12.4. The van der Waals surface area contributed by atoms with Gasteiger partial charge in [0.1, 0.15) is 0 Å². The molecule has 27 heavy (non-hydrogen) atoms. The summed E-state index contributed by atoms with van der Waals surface area (Å²) in [4.78, 5) is 14.6. The first-order valence-corrected chi connectivity index (χ1v) is 9.52. The standard InChI is InChI=1S/C22H24O4S/c1-14(2)21(23)26-22(3)17-10-9-15(12-24-4)11-19(17)27-20-16(13-25-5)7-6-8-18(20)22/h6-11H,1,12-13H2,2-5H3. The maximum Gasteiger partial charge on any atom is 0.334 e. The zero-order valence-electron chi connectivity index (χ0n) is 16.1. The summed E-state index contributed by atoms with van der Waals surface area (Å²) in [6, 6.07) is 12.2. The Kier molecular flexibility index (Phi) is 5.75. The van der Waals surface area contributed by atoms with E-state index in [1.165, 1.54) is 0 Å². The van der Waals surface area contributed by atoms with Gasteiger partial charge < -0.3 is 14.2 Å². The predicted octanol–water partition coefficient (Wildman–Crippen LogP) is 4.83. The van der Waals surface area contributed by atoms with Crippen LogP contribution in [0.1, 0.15) is 36.1 Å². The summed E-state index contributed by atoms with van der Waals surface area (Å²) in [5, 5.41) is 0. The predicted molar refractivity (Wildman–Crippen MR) is 106 cm³/mol. The van der Waals surface area contributed by atoms with E-state index in [0.29, 0.717) is 18.8 Å². The van der Waals surface area contributed by atoms with Crippen LogP contribution in [0.4, 0.5) is 0 Å². The van der Waals surface area contributed by atoms with E-state index in [1.54, 1.807) is 32.9 Å². The van der Waals surface area contributed by atoms with Gasteiger partial charge in [-0.1, -0.05) is 48.7 Å². The minimum atomic E-state index is -0.901. The third-order valence-electron chi connectivity index (χ3n) is 4.64. The van der Waals surface area contributed by atoms with Crippen molar-refractivity contribution in [2.75, 3.05) is 14.2 Å². The monoisotopic (exact) mass is 384 g/mol. The van der Waals surface area contributed by atoms with Crippen LogP contribution in [-0.4, -0.2) is 20.2 Å². The number of fused-ring (bicyclic) bond motifs is 2. The molecule has 5 heteroatoms. The molecule has 0 aromatic heterocycles. The molecule has 0 bridgehead atoms. The molecule has 1 aliphatic heterocycles. The van der Waals surface area contributed by atoms with Crippen molar-refractivity contribution < 1.29 is 19.0 Å². The van der Waals surface area contributed by atoms with Crippen LogP contribution in [0.3, 0.4) is 0 Å². The first kappa shape index (κ1) is 19.7. The Hall–Kier alpha value is -2.08. The summed E-state index contributed by atoms with van der Waals surface area (Å²) >= 11 is 1.68. The van der Waals surface area contributed by atoms with Gasteiger partial charge in [0.25, 0.3) is 0 Å². The van der Waals surface area contributed by atoms with Gasteiger partial charge in [0, 0.05) is 40.7 Å². The fourth-order valence-corrected chi connectivity index (χ4v) is 4.72. The molecular weight excluding hydrogens is 360 g/mol. The van der Waals surface area contributed by atoms with Crippen molar-refractivity contribution in [3.8, 4) is 0 Å². The van der Waals surface area contributed by atoms with Crippen LogP contribution in [0, 0.1) is 0 Å². The number of ether oxygens (including phenoxy) is 3. The molecule has 142 valence electrons. The molecule has 0 saturated carbocycles. The summed E-state index contributed by atoms with van der Waals surface area (Å²) in [7, 11) is 3.36. The average molecular weight is 384 g/mol. The summed E-state index contributed by atoms with van der Waals surface area (Å²) in [5.74, 6) is -0.403. The number of rotatable bonds is 6. The third kappa shape index (κ3) is 3.68. The second-order valence-corrected chi connectivity index (χ2v) is 7.85. The Bertz CT molecular complexity index is 890. The Morgan fingerprint density at radius 3 is 2.52 bits per heavy atom. The van der Waals surface area contributed by atoms with Gasteiger partial charge in [-0.15, -0.1) is 0 Å². The van der Waals surface area contributed by atoms with Crippen LogP contribution in [-0.2, 0) is 37.8 Å². The van der Waals surface area contributed by atoms with Crippen molar-refractivity contribution in [2.45, 2.75) is 42.5 Å². The van der Waals surface area contributed by atoms with Crippen LogP contribution in [0.2, 0.25) is 0 Å². The molecule has 0 aliphatic carbocycles. The Morgan fingerprint density at radius 1 is 1.11 bits per heavy atom. The van der Waals surface area contributed by atoms with Crippen molar-refractivity contribution in [1.29, 1.82) is 0 Å². The van der Waals surface area contributed by atoms with E-state index < -0.39 is 11.6 Å². The van der Waals surface area contributed by atoms with E-state index in [2.05, 4.69) is 12.6 Å². The largest absolute Gasteiger partial charge is 0.446 e. The molecule has 0 amide bonds. The third-order valence-corrected chi connectivity index (χ3v) is 5.88. The first-order chi connectivity index (χ1) is 12.9. The highest BCUT2D eigenvalue weighted by molar-refractivity contribution is 7.99. The number of hydrogen-bond donors (Lipinski definition) is 0. The number of methoxy groups -OCH3 is 2. The van der Waals surface area contributed by atoms with E-state index >= 15 is 0 Å². The topological polar surface area (TPSA) is 44.8 Å². The lowest BCUT2D eigenvalue weighted by Crippen LogP contribution is -2.34. The lowest BCUT2D eigenvalue weighted by atomic mass is 9.85. The first-order valence-electron chi connectivity index (χ1n) is 8.71. The molecule has 1 unspecified atom stereocenters. The fraction of sp³-hybridized carbons (Fsp3) is 0.318. The van der Waals surface area contributed by atoms with E-state index in [1.807, 2.05) is 37.3 Å². The molecule has 0 N–H and O–H groups in total. The number of carbonyl (C=O) groups excluding carboxylic acids is 1. The van der Waals surface area contributed by atoms with Crippen molar-refractivity contribution in [3.63, 3.8) is 0 Å². The highest BCUT2D eigenvalue weighted by Gasteiger charge is 2.41. The zero-order chi connectivity index (χ0) is 19.6. The van der Waals surface area contributed by atoms with Crippen LogP contribution in [0.5, 0.6) is 0 Å². The summed E-state index contributed by atoms with van der Waals surface area (Å²) in [5.41, 5.74) is 3.54. The Balaban J connectivity index is 2.19. The number of hydrogen-bond acceptors (Lipinski definition) is 5. The highest BCUT2D eigenvalue weighted by atomic mass is 32.2. The minimum absolute atomic E-state index is 0.376. The van der Waals surface area contributed by atoms with Gasteiger partial charge in [0.15, 0.2) is 5.60 Å². The molecule has 0 fully saturated rings. The molecule has 1 aliphatic rings. The second-order valence-electron chi connectivity index (χ2n) is 6.80. The summed E-state index contributed by atoms with van der Waals surface area (Å²) in [6.45, 7) is 8.36. The van der Waals surface area contributed by atoms with Gasteiger partial charge in [-0.25, -0.2) is 4.79 Å². The minimum Gasteiger partial charge on any atom is -0.446 e. The second kappa shape index (κ2) is 7.89. The average Bonchev–Trinajstić information content (AvgIpc) is 2.63. The van der Waals surface area contributed by atoms with E-state index in [-0.39, 0.29) is 0 Å². The van der Waals surface area contributed by atoms with Crippen molar-refractivity contribution in [2.24, 2.45) is 0 Å². The highest BCUT2D eigenvalue weighted by Crippen LogP contribution is 2.51. The van der Waals surface area contributed by atoms with Gasteiger partial charge in [-0.05, 0) is 31.0 Å². The SMILES string of the molecule is C=C(C)C(=O)OC1(C)c2ccc(COC)cc2Sc2c(COC)cccc21. The quantitative estimate of drug-likeness (QED) is 0.527. The zero-order valence-corrected chi connectivity index (χ0v) is 16.9. The number of esters is 1. The molecular formula is C22H24O4S. The molecule has 2 aromatic carbocycles. The van der Waals surface area contributed by atoms with E-state index in [9.17, 15) is 4.79 Å². The summed E-state index contributed by atoms with van der Waals surface area (Å²) in [6.07, 6.45) is 0. The van der Waals surface area contributed by atoms with E-state index in [0.717, 1.165) is 32.0 Å². The summed E-state index contributed by atoms with van der Waals surface area (Å²) < 4.78 is 16.7. The van der Waals surface area contributed by atoms with Gasteiger partial charge in [-0.2, -0.15) is 0 Å². The normalized spacial score (nSPS) is 17.8. The number of carbonyl (C=O) groups is 1. The molecule has 1 atom stereocenters. The van der Waals surface area contributed by atoms with Gasteiger partial charge in [0.2, 0.25) is 0 Å². The molecule has 0 saturated heterocycles. The molecule has 3 rings (SSSR count). The van der Waals surface area contributed by atoms with Gasteiger partial charge >= 0.3 is 5.97 Å².